The first-order valence-electron chi connectivity index (χ1n) is 13.1. The number of anilines is 2. The second kappa shape index (κ2) is 12.8. The predicted octanol–water partition coefficient (Wildman–Crippen LogP) is 4.99. The second-order valence-electron chi connectivity index (χ2n) is 9.54. The quantitative estimate of drug-likeness (QED) is 0.252. The summed E-state index contributed by atoms with van der Waals surface area (Å²) in [6, 6.07) is 15.1. The molecule has 12 heteroatoms. The van der Waals surface area contributed by atoms with E-state index in [2.05, 4.69) is 25.3 Å². The van der Waals surface area contributed by atoms with Crippen LogP contribution in [0.4, 0.5) is 11.6 Å². The first-order chi connectivity index (χ1) is 18.9. The van der Waals surface area contributed by atoms with Crippen molar-refractivity contribution in [1.29, 1.82) is 0 Å². The van der Waals surface area contributed by atoms with Crippen LogP contribution in [0.15, 0.2) is 60.9 Å². The Morgan fingerprint density at radius 1 is 1.07 bits per heavy atom. The van der Waals surface area contributed by atoms with Crippen LogP contribution in [0.3, 0.4) is 0 Å². The van der Waals surface area contributed by atoms with Crippen molar-refractivity contribution >= 4 is 45.0 Å². The minimum atomic E-state index is -3.69. The van der Waals surface area contributed by atoms with E-state index in [-0.39, 0.29) is 18.4 Å². The molecule has 0 spiro atoms. The van der Waals surface area contributed by atoms with Crippen molar-refractivity contribution in [2.45, 2.75) is 32.7 Å². The maximum absolute atomic E-state index is 12.7. The molecular weight excluding hydrogens is 550 g/mol. The Labute approximate surface area is 241 Å². The molecule has 5 rings (SSSR count). The number of fused-ring (bicyclic) bond motifs is 1. The van der Waals surface area contributed by atoms with Crippen molar-refractivity contribution < 1.29 is 13.2 Å². The Morgan fingerprint density at radius 3 is 2.70 bits per heavy atom. The molecule has 40 heavy (non-hydrogen) atoms. The normalized spacial score (nSPS) is 15.4. The summed E-state index contributed by atoms with van der Waals surface area (Å²) >= 11 is 0. The van der Waals surface area contributed by atoms with Crippen LogP contribution >= 0.6 is 12.4 Å². The zero-order valence-corrected chi connectivity index (χ0v) is 24.3. The second-order valence-corrected chi connectivity index (χ2v) is 11.3. The van der Waals surface area contributed by atoms with Gasteiger partial charge in [-0.15, -0.1) is 12.4 Å². The first kappa shape index (κ1) is 29.5. The molecule has 10 nitrogen and oxygen atoms in total. The molecule has 0 radical (unpaired) electrons. The van der Waals surface area contributed by atoms with Gasteiger partial charge < -0.3 is 15.4 Å². The minimum absolute atomic E-state index is 0. The summed E-state index contributed by atoms with van der Waals surface area (Å²) in [5.41, 5.74) is 2.78. The number of piperidine rings is 1. The number of halogens is 1. The van der Waals surface area contributed by atoms with Crippen LogP contribution in [0.5, 0.6) is 11.6 Å². The maximum atomic E-state index is 12.7. The van der Waals surface area contributed by atoms with Crippen LogP contribution in [-0.2, 0) is 10.2 Å². The Balaban J connectivity index is 0.00000370. The number of rotatable bonds is 9. The molecule has 0 unspecified atom stereocenters. The van der Waals surface area contributed by atoms with E-state index < -0.39 is 10.2 Å². The molecule has 0 bridgehead atoms. The van der Waals surface area contributed by atoms with Crippen molar-refractivity contribution in [3.63, 3.8) is 0 Å². The lowest BCUT2D eigenvalue weighted by Crippen LogP contribution is -2.38. The summed E-state index contributed by atoms with van der Waals surface area (Å²) in [4.78, 5) is 13.7. The number of hydrogen-bond donors (Lipinski definition) is 3. The van der Waals surface area contributed by atoms with E-state index >= 15 is 0 Å². The molecule has 0 saturated carbocycles. The summed E-state index contributed by atoms with van der Waals surface area (Å²) in [7, 11) is -2.15. The third-order valence-corrected chi connectivity index (χ3v) is 8.39. The van der Waals surface area contributed by atoms with Gasteiger partial charge in [0.15, 0.2) is 0 Å². The molecule has 2 aromatic carbocycles. The molecule has 3 N–H and O–H groups in total. The highest BCUT2D eigenvalue weighted by Crippen LogP contribution is 2.38. The van der Waals surface area contributed by atoms with Crippen molar-refractivity contribution in [2.24, 2.45) is 0 Å². The van der Waals surface area contributed by atoms with Crippen LogP contribution in [0.1, 0.15) is 25.3 Å². The van der Waals surface area contributed by atoms with Crippen LogP contribution in [0.2, 0.25) is 0 Å². The Bertz CT molecular complexity index is 1580. The fourth-order valence-electron chi connectivity index (χ4n) is 4.55. The average Bonchev–Trinajstić information content (AvgIpc) is 2.95. The molecule has 0 amide bonds. The Hall–Kier alpha value is -3.51. The van der Waals surface area contributed by atoms with Gasteiger partial charge in [0.2, 0.25) is 11.8 Å². The summed E-state index contributed by atoms with van der Waals surface area (Å²) < 4.78 is 35.9. The van der Waals surface area contributed by atoms with Crippen LogP contribution < -0.4 is 20.1 Å². The molecular formula is C28H34ClN7O3S. The van der Waals surface area contributed by atoms with Gasteiger partial charge in [-0.3, -0.25) is 4.72 Å². The van der Waals surface area contributed by atoms with Crippen LogP contribution in [0.25, 0.3) is 22.0 Å². The van der Waals surface area contributed by atoms with E-state index in [4.69, 9.17) is 9.72 Å². The number of aromatic nitrogens is 3. The largest absolute Gasteiger partial charge is 0.437 e. The van der Waals surface area contributed by atoms with Crippen LogP contribution in [0, 0.1) is 6.92 Å². The standard InChI is InChI=1S/C28H33N7O3S.ClH/c1-4-35(3)39(36,37)34-25-11-5-9-22-21(25)13-12-19(2)26(22)38-27-23(10-7-16-30-27)24-14-17-31-28(33-24)32-20-8-6-15-29-18-20;/h5,7,9-14,16-17,20,29,34H,4,6,8,15,18H2,1-3H3,(H,31,32,33);1H/t20-;/m0./s1. The smallest absolute Gasteiger partial charge is 0.301 e. The van der Waals surface area contributed by atoms with Gasteiger partial charge in [-0.25, -0.2) is 15.0 Å². The number of ether oxygens (including phenoxy) is 1. The molecule has 212 valence electrons. The van der Waals surface area contributed by atoms with Gasteiger partial charge in [-0.2, -0.15) is 12.7 Å². The Kier molecular flexibility index (Phi) is 9.41. The lowest BCUT2D eigenvalue weighted by molar-refractivity contribution is 0.466. The molecule has 1 aliphatic heterocycles. The van der Waals surface area contributed by atoms with Gasteiger partial charge in [0.25, 0.3) is 0 Å². The third kappa shape index (κ3) is 6.44. The van der Waals surface area contributed by atoms with Crippen molar-refractivity contribution in [3.05, 3.63) is 66.5 Å². The summed E-state index contributed by atoms with van der Waals surface area (Å²) in [5, 5.41) is 8.30. The molecule has 0 aliphatic carbocycles. The monoisotopic (exact) mass is 583 g/mol. The highest BCUT2D eigenvalue weighted by Gasteiger charge is 2.20. The van der Waals surface area contributed by atoms with Gasteiger partial charge in [0.05, 0.1) is 16.9 Å². The van der Waals surface area contributed by atoms with Gasteiger partial charge >= 0.3 is 10.2 Å². The molecule has 1 atom stereocenters. The summed E-state index contributed by atoms with van der Waals surface area (Å²) in [5.74, 6) is 1.55. The van der Waals surface area contributed by atoms with E-state index in [1.54, 1.807) is 31.5 Å². The lowest BCUT2D eigenvalue weighted by atomic mass is 10.0. The molecule has 1 fully saturated rings. The number of pyridine rings is 1. The van der Waals surface area contributed by atoms with Gasteiger partial charge in [0, 0.05) is 49.3 Å². The fourth-order valence-corrected chi connectivity index (χ4v) is 5.50. The Morgan fingerprint density at radius 2 is 1.93 bits per heavy atom. The maximum Gasteiger partial charge on any atom is 0.301 e. The fraction of sp³-hybridized carbons (Fsp3) is 0.321. The SMILES string of the molecule is CCN(C)S(=O)(=O)Nc1cccc2c(Oc3ncccc3-c3ccnc(N[C@H]4CCCNC4)n3)c(C)ccc12.Cl. The third-order valence-electron chi connectivity index (χ3n) is 6.84. The average molecular weight is 584 g/mol. The number of aryl methyl sites for hydroxylation is 1. The van der Waals surface area contributed by atoms with Crippen LogP contribution in [-0.4, -0.2) is 60.4 Å². The van der Waals surface area contributed by atoms with Gasteiger partial charge in [-0.1, -0.05) is 31.2 Å². The highest BCUT2D eigenvalue weighted by molar-refractivity contribution is 7.90. The molecule has 4 aromatic rings. The molecule has 1 saturated heterocycles. The van der Waals surface area contributed by atoms with Crippen molar-refractivity contribution in [3.8, 4) is 22.9 Å². The number of benzene rings is 2. The van der Waals surface area contributed by atoms with E-state index in [0.717, 1.165) is 47.8 Å². The first-order valence-corrected chi connectivity index (χ1v) is 14.5. The molecule has 2 aromatic heterocycles. The van der Waals surface area contributed by atoms with Crippen molar-refractivity contribution in [1.82, 2.24) is 24.6 Å². The van der Waals surface area contributed by atoms with Gasteiger partial charge in [0.1, 0.15) is 5.75 Å². The van der Waals surface area contributed by atoms with Gasteiger partial charge in [-0.05, 0) is 56.1 Å². The van der Waals surface area contributed by atoms with E-state index in [1.807, 2.05) is 43.3 Å². The zero-order valence-electron chi connectivity index (χ0n) is 22.7. The van der Waals surface area contributed by atoms with E-state index in [1.165, 1.54) is 11.4 Å². The summed E-state index contributed by atoms with van der Waals surface area (Å²) in [6.07, 6.45) is 5.58. The highest BCUT2D eigenvalue weighted by atomic mass is 35.5. The van der Waals surface area contributed by atoms with E-state index in [0.29, 0.717) is 35.5 Å². The minimum Gasteiger partial charge on any atom is -0.437 e. The summed E-state index contributed by atoms with van der Waals surface area (Å²) in [6.45, 7) is 6.00. The van der Waals surface area contributed by atoms with Crippen molar-refractivity contribution in [2.75, 3.05) is 36.7 Å². The van der Waals surface area contributed by atoms with E-state index in [9.17, 15) is 8.42 Å². The molecule has 1 aliphatic rings. The number of hydrogen-bond acceptors (Lipinski definition) is 8. The number of nitrogens with one attached hydrogen (secondary N) is 3. The number of nitrogens with zero attached hydrogens (tertiary/aromatic N) is 4. The molecule has 3 heterocycles. The lowest BCUT2D eigenvalue weighted by Gasteiger charge is -2.23. The topological polar surface area (TPSA) is 121 Å². The predicted molar refractivity (Wildman–Crippen MR) is 162 cm³/mol. The zero-order chi connectivity index (χ0) is 27.4.